The molecule has 5 aromatic rings. The maximum absolute atomic E-state index is 12.7. The Morgan fingerprint density at radius 2 is 1.65 bits per heavy atom. The van der Waals surface area contributed by atoms with Crippen LogP contribution in [0.2, 0.25) is 0 Å². The minimum atomic E-state index is -1.50. The number of benzene rings is 3. The summed E-state index contributed by atoms with van der Waals surface area (Å²) >= 11 is 0. The van der Waals surface area contributed by atoms with E-state index in [1.54, 1.807) is 7.11 Å². The number of aromatic nitrogens is 4. The third kappa shape index (κ3) is 7.32. The molecule has 3 heterocycles. The predicted octanol–water partition coefficient (Wildman–Crippen LogP) is 3.50. The van der Waals surface area contributed by atoms with Crippen LogP contribution in [0, 0.1) is 0 Å². The lowest BCUT2D eigenvalue weighted by Crippen LogP contribution is -2.42. The molecule has 0 radical (unpaired) electrons. The number of hydrogen-bond donors (Lipinski definition) is 5. The van der Waals surface area contributed by atoms with Crippen LogP contribution in [-0.4, -0.2) is 86.8 Å². The van der Waals surface area contributed by atoms with Gasteiger partial charge in [-0.3, -0.25) is 9.36 Å². The number of nitrogens with zero attached hydrogens (tertiary/aromatic N) is 4. The van der Waals surface area contributed by atoms with E-state index >= 15 is 0 Å². The Kier molecular flexibility index (Phi) is 10.1. The van der Waals surface area contributed by atoms with Gasteiger partial charge >= 0.3 is 0 Å². The first-order valence-corrected chi connectivity index (χ1v) is 15.9. The molecule has 1 aliphatic heterocycles. The second kappa shape index (κ2) is 15.3. The van der Waals surface area contributed by atoms with Gasteiger partial charge in [0.05, 0.1) is 19.0 Å². The van der Waals surface area contributed by atoms with Crippen LogP contribution in [0.5, 0.6) is 0 Å². The first kappa shape index (κ1) is 31.7. The number of hydrogen-bond acceptors (Lipinski definition) is 10. The minimum absolute atomic E-state index is 0.0108. The molecule has 3 aromatic carbocycles. The van der Waals surface area contributed by atoms with E-state index in [0.29, 0.717) is 42.5 Å². The van der Waals surface area contributed by atoms with E-state index in [4.69, 9.17) is 20.8 Å². The van der Waals surface area contributed by atoms with E-state index in [-0.39, 0.29) is 25.4 Å². The third-order valence-electron chi connectivity index (χ3n) is 8.40. The molecule has 2 aromatic heterocycles. The van der Waals surface area contributed by atoms with E-state index in [1.807, 2.05) is 66.7 Å². The number of rotatable bonds is 14. The summed E-state index contributed by atoms with van der Waals surface area (Å²) in [7, 11) is 1.64. The highest BCUT2D eigenvalue weighted by Crippen LogP contribution is 2.34. The number of amides is 1. The molecule has 250 valence electrons. The van der Waals surface area contributed by atoms with Crippen LogP contribution in [0.15, 0.2) is 97.3 Å². The van der Waals surface area contributed by atoms with Crippen molar-refractivity contribution >= 4 is 28.8 Å². The molecule has 48 heavy (non-hydrogen) atoms. The average molecular weight is 653 g/mol. The van der Waals surface area contributed by atoms with Gasteiger partial charge in [-0.1, -0.05) is 91.0 Å². The number of ether oxygens (including phenoxy) is 2. The molecule has 12 nitrogen and oxygen atoms in total. The second-order valence-electron chi connectivity index (χ2n) is 11.7. The zero-order valence-corrected chi connectivity index (χ0v) is 26.6. The maximum Gasteiger partial charge on any atom is 0.252 e. The number of likely N-dealkylation sites (N-methyl/N-ethyl adjacent to an activating group) is 1. The number of imidazole rings is 1. The number of aliphatic hydroxyl groups is 2. The first-order chi connectivity index (χ1) is 24.0. The fraction of sp³-hybridized carbons (Fsp3) is 0.333. The molecule has 1 amide bonds. The lowest BCUT2D eigenvalue weighted by atomic mass is 9.91. The summed E-state index contributed by atoms with van der Waals surface area (Å²) < 4.78 is 20.3. The molecule has 12 heteroatoms. The summed E-state index contributed by atoms with van der Waals surface area (Å²) in [5.74, 6) is 0.129. The average Bonchev–Trinajstić information content (AvgIpc) is 3.68. The number of fused-ring (bicyclic) bond motifs is 1. The molecule has 0 saturated carbocycles. The van der Waals surface area contributed by atoms with Crippen LogP contribution in [0.3, 0.4) is 0 Å². The van der Waals surface area contributed by atoms with E-state index in [2.05, 4.69) is 45.2 Å². The van der Waals surface area contributed by atoms with Crippen molar-refractivity contribution in [3.8, 4) is 0 Å². The van der Waals surface area contributed by atoms with E-state index in [1.165, 1.54) is 10.9 Å². The third-order valence-corrected chi connectivity index (χ3v) is 8.40. The minimum Gasteiger partial charge on any atom is -0.387 e. The molecule has 1 unspecified atom stereocenters. The van der Waals surface area contributed by atoms with Crippen molar-refractivity contribution in [3.05, 3.63) is 114 Å². The van der Waals surface area contributed by atoms with Crippen molar-refractivity contribution in [2.24, 2.45) is 0 Å². The van der Waals surface area contributed by atoms with Crippen LogP contribution in [0.1, 0.15) is 37.1 Å². The summed E-state index contributed by atoms with van der Waals surface area (Å²) in [6, 6.07) is 30.3. The fourth-order valence-corrected chi connectivity index (χ4v) is 6.05. The topological polar surface area (TPSA) is 156 Å². The van der Waals surface area contributed by atoms with Crippen molar-refractivity contribution < 1.29 is 25.9 Å². The number of aliphatic hydroxyl groups excluding tert-OH is 2. The van der Waals surface area contributed by atoms with Gasteiger partial charge in [-0.2, -0.15) is 9.97 Å². The van der Waals surface area contributed by atoms with Crippen LogP contribution < -0.4 is 16.0 Å². The van der Waals surface area contributed by atoms with E-state index in [0.717, 1.165) is 16.7 Å². The molecule has 1 saturated heterocycles. The normalized spacial score (nSPS) is 20.0. The Balaban J connectivity index is 1.36. The molecule has 1 aliphatic rings. The Hall–Kier alpha value is -4.88. The first-order valence-electron chi connectivity index (χ1n) is 16.6. The van der Waals surface area contributed by atoms with Gasteiger partial charge in [-0.15, -0.1) is 0 Å². The Bertz CT molecular complexity index is 1760. The molecule has 5 N–H and O–H groups in total. The van der Waals surface area contributed by atoms with Crippen LogP contribution in [0.25, 0.3) is 11.2 Å². The summed E-state index contributed by atoms with van der Waals surface area (Å²) in [6.07, 6.45) is -3.35. The maximum atomic E-state index is 12.7. The van der Waals surface area contributed by atoms with Gasteiger partial charge in [0.2, 0.25) is 5.95 Å². The summed E-state index contributed by atoms with van der Waals surface area (Å²) in [6.45, 7) is 0.931. The number of anilines is 2. The Labute approximate surface area is 280 Å². The van der Waals surface area contributed by atoms with Crippen LogP contribution >= 0.6 is 0 Å². The highest BCUT2D eigenvalue weighted by Gasteiger charge is 2.47. The largest absolute Gasteiger partial charge is 0.387 e. The Morgan fingerprint density at radius 1 is 0.979 bits per heavy atom. The van der Waals surface area contributed by atoms with Gasteiger partial charge in [0.1, 0.15) is 12.2 Å². The van der Waals surface area contributed by atoms with E-state index < -0.39 is 30.4 Å². The van der Waals surface area contributed by atoms with E-state index in [9.17, 15) is 15.0 Å². The lowest BCUT2D eigenvalue weighted by molar-refractivity contribution is -0.137. The SMILES string of the molecule is [2H]CCNC(=O)[C@H]1O[C@H](n2cnc3c(NCC(c4ccccc4)c4ccccc4)nc(NC(COC)Cc4ccccc4)nc32)[C@H](O)[C@@H]1O. The van der Waals surface area contributed by atoms with Gasteiger partial charge in [0.25, 0.3) is 5.91 Å². The lowest BCUT2D eigenvalue weighted by Gasteiger charge is -2.21. The number of methoxy groups -OCH3 is 1. The highest BCUT2D eigenvalue weighted by molar-refractivity contribution is 5.85. The fourth-order valence-electron chi connectivity index (χ4n) is 6.05. The zero-order chi connectivity index (χ0) is 34.2. The summed E-state index contributed by atoms with van der Waals surface area (Å²) in [4.78, 5) is 27.0. The number of carbonyl (C=O) groups excluding carboxylic acids is 1. The monoisotopic (exact) mass is 652 g/mol. The molecular formula is C36H41N7O5. The number of carbonyl (C=O) groups is 1. The predicted molar refractivity (Wildman–Crippen MR) is 183 cm³/mol. The van der Waals surface area contributed by atoms with Gasteiger partial charge in [-0.05, 0) is 30.0 Å². The van der Waals surface area contributed by atoms with Crippen molar-refractivity contribution in [2.75, 3.05) is 37.4 Å². The summed E-state index contributed by atoms with van der Waals surface area (Å²) in [5, 5.41) is 31.3. The van der Waals surface area contributed by atoms with Crippen molar-refractivity contribution in [3.63, 3.8) is 0 Å². The molecule has 5 atom stereocenters. The molecule has 0 aliphatic carbocycles. The van der Waals surface area contributed by atoms with Gasteiger partial charge < -0.3 is 35.6 Å². The zero-order valence-electron chi connectivity index (χ0n) is 27.6. The summed E-state index contributed by atoms with van der Waals surface area (Å²) in [5.41, 5.74) is 4.12. The van der Waals surface area contributed by atoms with Gasteiger partial charge in [0.15, 0.2) is 29.3 Å². The van der Waals surface area contributed by atoms with Gasteiger partial charge in [0, 0.05) is 27.5 Å². The second-order valence-corrected chi connectivity index (χ2v) is 11.7. The standard InChI is InChI=1S/C36H41N7O5/c1-3-37-34(46)31-29(44)30(45)35(48-31)43-22-39-28-32(38-20-27(24-15-9-5-10-16-24)25-17-11-6-12-18-25)41-36(42-33(28)43)40-26(21-47-2)19-23-13-7-4-8-14-23/h4-18,22,26-27,29-31,35,44-45H,3,19-21H2,1-2H3,(H,37,46)(H2,38,40,41,42)/t26?,29-,30+,31-,35-/m0/s1/i1D. The van der Waals surface area contributed by atoms with Crippen molar-refractivity contribution in [2.45, 2.75) is 49.8 Å². The van der Waals surface area contributed by atoms with Crippen molar-refractivity contribution in [1.82, 2.24) is 24.8 Å². The highest BCUT2D eigenvalue weighted by atomic mass is 16.6. The molecule has 1 fully saturated rings. The Morgan fingerprint density at radius 3 is 2.29 bits per heavy atom. The number of nitrogens with one attached hydrogen (secondary N) is 3. The molecular weight excluding hydrogens is 610 g/mol. The molecule has 0 bridgehead atoms. The van der Waals surface area contributed by atoms with Crippen LogP contribution in [-0.2, 0) is 20.7 Å². The smallest absolute Gasteiger partial charge is 0.252 e. The van der Waals surface area contributed by atoms with Crippen LogP contribution in [0.4, 0.5) is 11.8 Å². The molecule has 0 spiro atoms. The quantitative estimate of drug-likeness (QED) is 0.120. The molecule has 6 rings (SSSR count). The van der Waals surface area contributed by atoms with Crippen molar-refractivity contribution in [1.29, 1.82) is 0 Å². The van der Waals surface area contributed by atoms with Gasteiger partial charge in [-0.25, -0.2) is 4.98 Å².